The van der Waals surface area contributed by atoms with Crippen molar-refractivity contribution in [3.8, 4) is 0 Å². The van der Waals surface area contributed by atoms with Gasteiger partial charge in [-0.3, -0.25) is 9.59 Å². The molecule has 6 heteroatoms. The first-order valence-corrected chi connectivity index (χ1v) is 5.64. The number of hydrogen-bond donors (Lipinski definition) is 0. The van der Waals surface area contributed by atoms with Crippen molar-refractivity contribution >= 4 is 17.7 Å². The number of carbonyl (C=O) groups is 3. The molecule has 98 valence electrons. The van der Waals surface area contributed by atoms with Crippen molar-refractivity contribution in [1.29, 1.82) is 0 Å². The van der Waals surface area contributed by atoms with E-state index in [1.807, 2.05) is 0 Å². The SMILES string of the molecule is C=CC(=O)OC1C(=O)C(C(=O)OC)C2COC1C2. The van der Waals surface area contributed by atoms with E-state index >= 15 is 0 Å². The Labute approximate surface area is 104 Å². The Kier molecular flexibility index (Phi) is 3.47. The molecule has 1 saturated heterocycles. The van der Waals surface area contributed by atoms with Gasteiger partial charge in [-0.2, -0.15) is 0 Å². The predicted molar refractivity (Wildman–Crippen MR) is 58.4 cm³/mol. The highest BCUT2D eigenvalue weighted by Crippen LogP contribution is 2.37. The van der Waals surface area contributed by atoms with Gasteiger partial charge in [0.1, 0.15) is 12.0 Å². The molecule has 1 heterocycles. The van der Waals surface area contributed by atoms with Crippen LogP contribution in [0.1, 0.15) is 6.42 Å². The van der Waals surface area contributed by atoms with Gasteiger partial charge in [0, 0.05) is 12.0 Å². The van der Waals surface area contributed by atoms with Crippen LogP contribution >= 0.6 is 0 Å². The Bertz CT molecular complexity index is 401. The predicted octanol–water partition coefficient (Wildman–Crippen LogP) is -0.139. The number of fused-ring (bicyclic) bond motifs is 2. The van der Waals surface area contributed by atoms with Crippen molar-refractivity contribution in [1.82, 2.24) is 0 Å². The van der Waals surface area contributed by atoms with Gasteiger partial charge in [0.25, 0.3) is 0 Å². The number of carbonyl (C=O) groups excluding carboxylic acids is 3. The number of ether oxygens (including phenoxy) is 3. The van der Waals surface area contributed by atoms with E-state index in [1.54, 1.807) is 0 Å². The van der Waals surface area contributed by atoms with E-state index in [0.29, 0.717) is 13.0 Å². The lowest BCUT2D eigenvalue weighted by atomic mass is 9.78. The lowest BCUT2D eigenvalue weighted by Crippen LogP contribution is -2.48. The van der Waals surface area contributed by atoms with Crippen LogP contribution in [0.5, 0.6) is 0 Å². The van der Waals surface area contributed by atoms with Gasteiger partial charge in [0.15, 0.2) is 11.9 Å². The zero-order chi connectivity index (χ0) is 13.3. The molecule has 2 bridgehead atoms. The third-order valence-corrected chi connectivity index (χ3v) is 3.32. The largest absolute Gasteiger partial charge is 0.468 e. The summed E-state index contributed by atoms with van der Waals surface area (Å²) >= 11 is 0. The second kappa shape index (κ2) is 4.89. The molecule has 1 aliphatic heterocycles. The summed E-state index contributed by atoms with van der Waals surface area (Å²) in [5.41, 5.74) is 0. The summed E-state index contributed by atoms with van der Waals surface area (Å²) in [4.78, 5) is 34.9. The van der Waals surface area contributed by atoms with Crippen molar-refractivity contribution in [2.24, 2.45) is 11.8 Å². The number of hydrogen-bond acceptors (Lipinski definition) is 6. The Hall–Kier alpha value is -1.69. The van der Waals surface area contributed by atoms with Crippen molar-refractivity contribution in [3.63, 3.8) is 0 Å². The summed E-state index contributed by atoms with van der Waals surface area (Å²) in [7, 11) is 1.22. The molecule has 1 aliphatic carbocycles. The number of methoxy groups -OCH3 is 1. The average Bonchev–Trinajstić information content (AvgIpc) is 2.79. The van der Waals surface area contributed by atoms with E-state index in [2.05, 4.69) is 11.3 Å². The molecule has 2 fully saturated rings. The van der Waals surface area contributed by atoms with E-state index in [4.69, 9.17) is 9.47 Å². The van der Waals surface area contributed by atoms with E-state index in [-0.39, 0.29) is 5.92 Å². The van der Waals surface area contributed by atoms with Gasteiger partial charge in [-0.05, 0) is 6.42 Å². The molecule has 0 radical (unpaired) electrons. The second-order valence-corrected chi connectivity index (χ2v) is 4.33. The van der Waals surface area contributed by atoms with Crippen LogP contribution in [-0.2, 0) is 28.6 Å². The molecule has 0 aromatic carbocycles. The molecule has 4 atom stereocenters. The molecule has 4 unspecified atom stereocenters. The summed E-state index contributed by atoms with van der Waals surface area (Å²) in [5, 5.41) is 0. The number of rotatable bonds is 3. The minimum atomic E-state index is -1.04. The molecule has 0 N–H and O–H groups in total. The van der Waals surface area contributed by atoms with Crippen LogP contribution in [0, 0.1) is 11.8 Å². The van der Waals surface area contributed by atoms with Crippen LogP contribution in [0.3, 0.4) is 0 Å². The third kappa shape index (κ3) is 2.03. The highest BCUT2D eigenvalue weighted by atomic mass is 16.6. The smallest absolute Gasteiger partial charge is 0.330 e. The molecule has 18 heavy (non-hydrogen) atoms. The van der Waals surface area contributed by atoms with Crippen molar-refractivity contribution < 1.29 is 28.6 Å². The Morgan fingerprint density at radius 1 is 1.50 bits per heavy atom. The van der Waals surface area contributed by atoms with E-state index < -0.39 is 35.8 Å². The summed E-state index contributed by atoms with van der Waals surface area (Å²) in [5.74, 6) is -2.85. The highest BCUT2D eigenvalue weighted by molar-refractivity contribution is 6.03. The third-order valence-electron chi connectivity index (χ3n) is 3.32. The fourth-order valence-corrected chi connectivity index (χ4v) is 2.46. The standard InChI is InChI=1S/C12H14O6/c1-3-8(13)18-11-7-4-6(5-17-7)9(10(11)14)12(15)16-2/h3,6-7,9,11H,1,4-5H2,2H3. The summed E-state index contributed by atoms with van der Waals surface area (Å²) in [6.45, 7) is 3.57. The Balaban J connectivity index is 2.20. The summed E-state index contributed by atoms with van der Waals surface area (Å²) in [6.07, 6.45) is -0.0205. The zero-order valence-electron chi connectivity index (χ0n) is 9.96. The minimum Gasteiger partial charge on any atom is -0.468 e. The van der Waals surface area contributed by atoms with Crippen LogP contribution in [0.4, 0.5) is 0 Å². The Morgan fingerprint density at radius 2 is 2.22 bits per heavy atom. The minimum absolute atomic E-state index is 0.186. The maximum absolute atomic E-state index is 12.1. The molecule has 2 aliphatic rings. The van der Waals surface area contributed by atoms with Crippen LogP contribution in [0.25, 0.3) is 0 Å². The van der Waals surface area contributed by atoms with Crippen molar-refractivity contribution in [3.05, 3.63) is 12.7 Å². The van der Waals surface area contributed by atoms with E-state index in [9.17, 15) is 14.4 Å². The molecule has 0 aromatic heterocycles. The number of esters is 2. The quantitative estimate of drug-likeness (QED) is 0.396. The fourth-order valence-electron chi connectivity index (χ4n) is 2.46. The monoisotopic (exact) mass is 254 g/mol. The van der Waals surface area contributed by atoms with Gasteiger partial charge in [-0.1, -0.05) is 6.58 Å². The first-order chi connectivity index (χ1) is 8.58. The Morgan fingerprint density at radius 3 is 2.83 bits per heavy atom. The van der Waals surface area contributed by atoms with Crippen LogP contribution in [0.2, 0.25) is 0 Å². The van der Waals surface area contributed by atoms with Gasteiger partial charge >= 0.3 is 11.9 Å². The molecule has 1 saturated carbocycles. The lowest BCUT2D eigenvalue weighted by molar-refractivity contribution is -0.166. The van der Waals surface area contributed by atoms with Crippen molar-refractivity contribution in [2.75, 3.05) is 13.7 Å². The average molecular weight is 254 g/mol. The van der Waals surface area contributed by atoms with Gasteiger partial charge < -0.3 is 14.2 Å². The number of Topliss-reactive ketones (excluding diaryl/α,β-unsaturated/α-hetero) is 1. The molecule has 2 rings (SSSR count). The number of ketones is 1. The first kappa shape index (κ1) is 12.8. The van der Waals surface area contributed by atoms with E-state index in [0.717, 1.165) is 6.08 Å². The van der Waals surface area contributed by atoms with Crippen LogP contribution < -0.4 is 0 Å². The second-order valence-electron chi connectivity index (χ2n) is 4.33. The first-order valence-electron chi connectivity index (χ1n) is 5.64. The van der Waals surface area contributed by atoms with Crippen molar-refractivity contribution in [2.45, 2.75) is 18.6 Å². The summed E-state index contributed by atoms with van der Waals surface area (Å²) in [6, 6.07) is 0. The summed E-state index contributed by atoms with van der Waals surface area (Å²) < 4.78 is 15.0. The molecular formula is C12H14O6. The van der Waals surface area contributed by atoms with Gasteiger partial charge in [0.05, 0.1) is 13.7 Å². The maximum Gasteiger partial charge on any atom is 0.330 e. The fraction of sp³-hybridized carbons (Fsp3) is 0.583. The zero-order valence-corrected chi connectivity index (χ0v) is 9.96. The molecule has 6 nitrogen and oxygen atoms in total. The topological polar surface area (TPSA) is 78.9 Å². The van der Waals surface area contributed by atoms with Gasteiger partial charge in [-0.15, -0.1) is 0 Å². The normalized spacial score (nSPS) is 33.9. The maximum atomic E-state index is 12.1. The van der Waals surface area contributed by atoms with Gasteiger partial charge in [-0.25, -0.2) is 4.79 Å². The molecule has 0 amide bonds. The lowest BCUT2D eigenvalue weighted by Gasteiger charge is -2.29. The van der Waals surface area contributed by atoms with Crippen LogP contribution in [-0.4, -0.2) is 43.6 Å². The van der Waals surface area contributed by atoms with Gasteiger partial charge in [0.2, 0.25) is 0 Å². The molecular weight excluding hydrogens is 240 g/mol. The molecule has 0 spiro atoms. The van der Waals surface area contributed by atoms with Crippen LogP contribution in [0.15, 0.2) is 12.7 Å². The molecule has 0 aromatic rings. The highest BCUT2D eigenvalue weighted by Gasteiger charge is 2.53. The van der Waals surface area contributed by atoms with E-state index in [1.165, 1.54) is 7.11 Å².